The molecule has 0 saturated carbocycles. The van der Waals surface area contributed by atoms with Gasteiger partial charge in [-0.3, -0.25) is 0 Å². The molecule has 0 radical (unpaired) electrons. The molecule has 0 fully saturated rings. The Bertz CT molecular complexity index is 2600. The lowest BCUT2D eigenvalue weighted by molar-refractivity contribution is 0.956. The predicted octanol–water partition coefficient (Wildman–Crippen LogP) is 15.6. The first-order valence-electron chi connectivity index (χ1n) is 20.3. The summed E-state index contributed by atoms with van der Waals surface area (Å²) in [4.78, 5) is 4.80. The molecule has 0 aliphatic heterocycles. The molecule has 1 aliphatic carbocycles. The van der Waals surface area contributed by atoms with Gasteiger partial charge in [0.2, 0.25) is 0 Å². The molecule has 0 aromatic heterocycles. The highest BCUT2D eigenvalue weighted by Crippen LogP contribution is 2.59. The van der Waals surface area contributed by atoms with Crippen molar-refractivity contribution in [2.45, 2.75) is 57.8 Å². The zero-order valence-electron chi connectivity index (χ0n) is 34.6. The molecule has 0 saturated heterocycles. The van der Waals surface area contributed by atoms with Crippen molar-refractivity contribution in [3.8, 4) is 11.1 Å². The lowest BCUT2D eigenvalue weighted by Gasteiger charge is -2.51. The highest BCUT2D eigenvalue weighted by molar-refractivity contribution is 6.99. The monoisotopic (exact) mass is 772 g/mol. The largest absolute Gasteiger partial charge is 0.310 e. The van der Waals surface area contributed by atoms with Crippen LogP contribution in [0.15, 0.2) is 170 Å². The fourth-order valence-electron chi connectivity index (χ4n) is 10.4. The van der Waals surface area contributed by atoms with Gasteiger partial charge in [0.1, 0.15) is 0 Å². The maximum Gasteiger partial charge on any atom is 0.0579 e. The third-order valence-corrected chi connectivity index (χ3v) is 22.4. The van der Waals surface area contributed by atoms with Crippen molar-refractivity contribution in [2.75, 3.05) is 9.80 Å². The molecule has 8 aromatic rings. The van der Waals surface area contributed by atoms with Crippen LogP contribution in [0.5, 0.6) is 0 Å². The fourth-order valence-corrected chi connectivity index (χ4v) is 23.4. The summed E-state index contributed by atoms with van der Waals surface area (Å²) in [6, 6.07) is 63.7. The predicted molar refractivity (Wildman–Crippen MR) is 253 cm³/mol. The molecule has 282 valence electrons. The zero-order valence-corrected chi connectivity index (χ0v) is 36.6. The van der Waals surface area contributed by atoms with Crippen LogP contribution in [0, 0.1) is 13.8 Å². The van der Waals surface area contributed by atoms with Gasteiger partial charge in [-0.25, -0.2) is 0 Å². The van der Waals surface area contributed by atoms with Crippen LogP contribution in [0.25, 0.3) is 32.7 Å². The summed E-state index contributed by atoms with van der Waals surface area (Å²) in [5.41, 5.74) is 15.5. The van der Waals surface area contributed by atoms with E-state index in [1.807, 2.05) is 0 Å². The summed E-state index contributed by atoms with van der Waals surface area (Å²) < 4.78 is 0.00434. The second-order valence-electron chi connectivity index (χ2n) is 18.1. The van der Waals surface area contributed by atoms with E-state index in [0.29, 0.717) is 0 Å². The van der Waals surface area contributed by atoms with E-state index in [4.69, 9.17) is 0 Å². The summed E-state index contributed by atoms with van der Waals surface area (Å²) in [6.45, 7) is 20.1. The Hall–Kier alpha value is -5.69. The highest BCUT2D eigenvalue weighted by Gasteiger charge is 2.59. The Balaban J connectivity index is 1.25. The SMILES string of the molecule is Cc1cccc(N(c2ccccc2)c2ccc3cc4c(cc3c2)C([Si](C)(C)C)([Si](C)(C)C)c2cc3cc(N(c5ccccc5)c5cccc(C)c5)ccc3cc2-4)c1. The minimum atomic E-state index is -1.94. The van der Waals surface area contributed by atoms with Crippen molar-refractivity contribution in [1.82, 2.24) is 0 Å². The number of para-hydroxylation sites is 2. The Morgan fingerprint density at radius 1 is 0.333 bits per heavy atom. The minimum absolute atomic E-state index is 0.00434. The van der Waals surface area contributed by atoms with E-state index in [1.165, 1.54) is 66.5 Å². The second kappa shape index (κ2) is 13.8. The van der Waals surface area contributed by atoms with E-state index < -0.39 is 16.1 Å². The lowest BCUT2D eigenvalue weighted by atomic mass is 9.98. The average Bonchev–Trinajstić information content (AvgIpc) is 3.47. The maximum atomic E-state index is 2.62. The van der Waals surface area contributed by atoms with Gasteiger partial charge in [-0.05, 0) is 154 Å². The van der Waals surface area contributed by atoms with Gasteiger partial charge in [0, 0.05) is 38.8 Å². The third kappa shape index (κ3) is 6.14. The van der Waals surface area contributed by atoms with Crippen LogP contribution in [-0.2, 0) is 4.66 Å². The van der Waals surface area contributed by atoms with Crippen LogP contribution in [-0.4, -0.2) is 16.1 Å². The quantitative estimate of drug-likeness (QED) is 0.142. The molecule has 0 spiro atoms. The number of aryl methyl sites for hydroxylation is 2. The maximum absolute atomic E-state index is 2.62. The molecule has 0 bridgehead atoms. The number of nitrogens with zero attached hydrogens (tertiary/aromatic N) is 2. The number of anilines is 6. The normalized spacial score (nSPS) is 13.4. The summed E-state index contributed by atoms with van der Waals surface area (Å²) >= 11 is 0. The van der Waals surface area contributed by atoms with Crippen molar-refractivity contribution in [3.63, 3.8) is 0 Å². The third-order valence-electron chi connectivity index (χ3n) is 12.3. The molecule has 8 aromatic carbocycles. The Kier molecular flexibility index (Phi) is 8.91. The van der Waals surface area contributed by atoms with Crippen molar-refractivity contribution < 1.29 is 0 Å². The van der Waals surface area contributed by atoms with E-state index in [0.717, 1.165) is 11.4 Å². The van der Waals surface area contributed by atoms with E-state index in [-0.39, 0.29) is 4.66 Å². The van der Waals surface area contributed by atoms with Gasteiger partial charge >= 0.3 is 0 Å². The van der Waals surface area contributed by atoms with E-state index >= 15 is 0 Å². The summed E-state index contributed by atoms with van der Waals surface area (Å²) in [5.74, 6) is 0. The number of benzene rings is 8. The van der Waals surface area contributed by atoms with Crippen LogP contribution in [0.3, 0.4) is 0 Å². The van der Waals surface area contributed by atoms with Gasteiger partial charge in [-0.1, -0.05) is 124 Å². The van der Waals surface area contributed by atoms with Crippen molar-refractivity contribution in [3.05, 3.63) is 192 Å². The van der Waals surface area contributed by atoms with Gasteiger partial charge in [0.25, 0.3) is 0 Å². The van der Waals surface area contributed by atoms with Crippen LogP contribution < -0.4 is 9.80 Å². The standard InChI is InChI=1S/C53H52N2Si2/c1-37-17-15-23-45(29-37)54(43-19-11-9-12-20-43)47-27-25-39-33-49-50-34-40-26-28-48(55(44-21-13-10-14-22-44)46-24-16-18-38(2)30-46)32-42(40)36-52(50)53(56(3,4)5,57(6,7)8)51(49)35-41(39)31-47/h9-36H,1-8H3. The molecule has 57 heavy (non-hydrogen) atoms. The summed E-state index contributed by atoms with van der Waals surface area (Å²) in [7, 11) is -3.88. The van der Waals surface area contributed by atoms with Crippen LogP contribution >= 0.6 is 0 Å². The van der Waals surface area contributed by atoms with Crippen molar-refractivity contribution in [2.24, 2.45) is 0 Å². The molecule has 4 heteroatoms. The summed E-state index contributed by atoms with van der Waals surface area (Å²) in [6.07, 6.45) is 0. The number of rotatable bonds is 8. The van der Waals surface area contributed by atoms with Crippen molar-refractivity contribution >= 4 is 71.8 Å². The fraction of sp³-hybridized carbons (Fsp3) is 0.170. The highest BCUT2D eigenvalue weighted by atomic mass is 28.4. The number of hydrogen-bond donors (Lipinski definition) is 0. The first kappa shape index (κ1) is 36.9. The van der Waals surface area contributed by atoms with Crippen LogP contribution in [0.2, 0.25) is 39.3 Å². The van der Waals surface area contributed by atoms with Gasteiger partial charge in [0.05, 0.1) is 16.1 Å². The van der Waals surface area contributed by atoms with Gasteiger partial charge < -0.3 is 9.80 Å². The topological polar surface area (TPSA) is 6.48 Å². The van der Waals surface area contributed by atoms with Gasteiger partial charge in [0.15, 0.2) is 0 Å². The molecule has 0 heterocycles. The molecular weight excluding hydrogens is 721 g/mol. The first-order valence-corrected chi connectivity index (χ1v) is 27.3. The average molecular weight is 773 g/mol. The van der Waals surface area contributed by atoms with Crippen LogP contribution in [0.1, 0.15) is 22.3 Å². The molecular formula is C53H52N2Si2. The molecule has 0 N–H and O–H groups in total. The molecule has 0 amide bonds. The second-order valence-corrected chi connectivity index (χ2v) is 29.1. The van der Waals surface area contributed by atoms with Gasteiger partial charge in [-0.2, -0.15) is 0 Å². The van der Waals surface area contributed by atoms with Crippen molar-refractivity contribution in [1.29, 1.82) is 0 Å². The van der Waals surface area contributed by atoms with Crippen LogP contribution in [0.4, 0.5) is 34.1 Å². The molecule has 0 atom stereocenters. The van der Waals surface area contributed by atoms with E-state index in [2.05, 4.69) is 233 Å². The van der Waals surface area contributed by atoms with Gasteiger partial charge in [-0.15, -0.1) is 0 Å². The Morgan fingerprint density at radius 2 is 0.702 bits per heavy atom. The molecule has 2 nitrogen and oxygen atoms in total. The Labute approximate surface area is 341 Å². The number of hydrogen-bond acceptors (Lipinski definition) is 2. The van der Waals surface area contributed by atoms with E-state index in [9.17, 15) is 0 Å². The Morgan fingerprint density at radius 3 is 1.07 bits per heavy atom. The number of fused-ring (bicyclic) bond motifs is 5. The summed E-state index contributed by atoms with van der Waals surface area (Å²) in [5, 5.41) is 5.18. The zero-order chi connectivity index (χ0) is 39.7. The minimum Gasteiger partial charge on any atom is -0.310 e. The smallest absolute Gasteiger partial charge is 0.0579 e. The molecule has 1 aliphatic rings. The lowest BCUT2D eigenvalue weighted by Crippen LogP contribution is -2.63. The molecule has 0 unspecified atom stereocenters. The molecule has 9 rings (SSSR count). The van der Waals surface area contributed by atoms with E-state index in [1.54, 1.807) is 11.1 Å². The first-order chi connectivity index (χ1) is 27.3.